The minimum atomic E-state index is -0.251. The van der Waals surface area contributed by atoms with E-state index >= 15 is 0 Å². The van der Waals surface area contributed by atoms with Gasteiger partial charge in [0.25, 0.3) is 0 Å². The maximum absolute atomic E-state index is 13.4. The molecule has 0 amide bonds. The molecule has 2 aromatic rings. The monoisotopic (exact) mass is 340 g/mol. The fraction of sp³-hybridized carbons (Fsp3) is 0.133. The summed E-state index contributed by atoms with van der Waals surface area (Å²) in [5, 5.41) is 5.35. The lowest BCUT2D eigenvalue weighted by Crippen LogP contribution is -2.12. The molecule has 1 aliphatic heterocycles. The van der Waals surface area contributed by atoms with Crippen molar-refractivity contribution < 1.29 is 4.39 Å². The number of anilines is 1. The van der Waals surface area contributed by atoms with Crippen molar-refractivity contribution in [3.63, 3.8) is 0 Å². The second kappa shape index (κ2) is 6.26. The van der Waals surface area contributed by atoms with Crippen LogP contribution in [0.5, 0.6) is 0 Å². The highest BCUT2D eigenvalue weighted by molar-refractivity contribution is 7.99. The Labute approximate surface area is 136 Å². The molecular weight excluding hydrogens is 330 g/mol. The van der Waals surface area contributed by atoms with Crippen molar-refractivity contribution in [1.29, 1.82) is 0 Å². The summed E-state index contributed by atoms with van der Waals surface area (Å²) in [4.78, 5) is 1.05. The molecule has 0 spiro atoms. The third-order valence-corrected chi connectivity index (χ3v) is 4.90. The third-order valence-electron chi connectivity index (χ3n) is 3.09. The highest BCUT2D eigenvalue weighted by Gasteiger charge is 2.16. The van der Waals surface area contributed by atoms with Crippen molar-refractivity contribution >= 4 is 46.4 Å². The number of fused-ring (bicyclic) bond motifs is 1. The van der Waals surface area contributed by atoms with Gasteiger partial charge in [-0.3, -0.25) is 5.43 Å². The van der Waals surface area contributed by atoms with Gasteiger partial charge in [-0.2, -0.15) is 5.10 Å². The summed E-state index contributed by atoms with van der Waals surface area (Å²) >= 11 is 13.6. The number of hydrogen-bond acceptors (Lipinski definition) is 3. The van der Waals surface area contributed by atoms with Crippen LogP contribution in [0.3, 0.4) is 0 Å². The van der Waals surface area contributed by atoms with E-state index in [0.29, 0.717) is 10.0 Å². The predicted molar refractivity (Wildman–Crippen MR) is 88.4 cm³/mol. The Balaban J connectivity index is 1.87. The van der Waals surface area contributed by atoms with E-state index in [0.717, 1.165) is 34.0 Å². The number of nitrogens with one attached hydrogen (secondary N) is 1. The number of halogens is 3. The first-order valence-electron chi connectivity index (χ1n) is 6.34. The van der Waals surface area contributed by atoms with E-state index in [1.54, 1.807) is 36.0 Å². The average molecular weight is 341 g/mol. The Morgan fingerprint density at radius 1 is 1.10 bits per heavy atom. The molecule has 0 saturated heterocycles. The van der Waals surface area contributed by atoms with Crippen molar-refractivity contribution in [2.24, 2.45) is 5.10 Å². The van der Waals surface area contributed by atoms with Crippen molar-refractivity contribution in [2.45, 2.75) is 11.3 Å². The molecule has 0 atom stereocenters. The van der Waals surface area contributed by atoms with Crippen LogP contribution in [0.15, 0.2) is 46.4 Å². The molecule has 0 aliphatic carbocycles. The quantitative estimate of drug-likeness (QED) is 0.735. The van der Waals surface area contributed by atoms with E-state index in [1.807, 2.05) is 0 Å². The zero-order valence-electron chi connectivity index (χ0n) is 10.9. The summed E-state index contributed by atoms with van der Waals surface area (Å²) in [7, 11) is 0. The molecule has 0 saturated carbocycles. The number of benzene rings is 2. The summed E-state index contributed by atoms with van der Waals surface area (Å²) in [5.41, 5.74) is 5.39. The number of rotatable bonds is 2. The second-order valence-electron chi connectivity index (χ2n) is 4.54. The molecule has 108 valence electrons. The Hall–Kier alpha value is -1.23. The molecule has 0 aromatic heterocycles. The van der Waals surface area contributed by atoms with Crippen LogP contribution in [0, 0.1) is 5.82 Å². The third kappa shape index (κ3) is 3.34. The number of nitrogens with zero attached hydrogens (tertiary/aromatic N) is 1. The van der Waals surface area contributed by atoms with Crippen LogP contribution in [-0.4, -0.2) is 11.5 Å². The molecule has 0 fully saturated rings. The average Bonchev–Trinajstić information content (AvgIpc) is 2.48. The van der Waals surface area contributed by atoms with Crippen LogP contribution >= 0.6 is 35.0 Å². The topological polar surface area (TPSA) is 24.4 Å². The van der Waals surface area contributed by atoms with E-state index < -0.39 is 0 Å². The number of hydrazone groups is 1. The van der Waals surface area contributed by atoms with Gasteiger partial charge in [-0.1, -0.05) is 23.2 Å². The van der Waals surface area contributed by atoms with Crippen LogP contribution in [0.1, 0.15) is 12.0 Å². The van der Waals surface area contributed by atoms with Gasteiger partial charge in [-0.15, -0.1) is 11.8 Å². The zero-order chi connectivity index (χ0) is 14.8. The van der Waals surface area contributed by atoms with Crippen molar-refractivity contribution in [1.82, 2.24) is 0 Å². The first-order chi connectivity index (χ1) is 10.1. The van der Waals surface area contributed by atoms with Gasteiger partial charge >= 0.3 is 0 Å². The van der Waals surface area contributed by atoms with E-state index in [-0.39, 0.29) is 5.82 Å². The molecule has 2 aromatic carbocycles. The van der Waals surface area contributed by atoms with Crippen LogP contribution < -0.4 is 5.43 Å². The Morgan fingerprint density at radius 2 is 1.95 bits per heavy atom. The zero-order valence-corrected chi connectivity index (χ0v) is 13.2. The van der Waals surface area contributed by atoms with Crippen LogP contribution in [0.2, 0.25) is 10.0 Å². The van der Waals surface area contributed by atoms with Crippen molar-refractivity contribution in [3.05, 3.63) is 57.8 Å². The molecule has 21 heavy (non-hydrogen) atoms. The predicted octanol–water partition coefficient (Wildman–Crippen LogP) is 5.44. The molecule has 1 heterocycles. The second-order valence-corrected chi connectivity index (χ2v) is 6.49. The van der Waals surface area contributed by atoms with Gasteiger partial charge in [0, 0.05) is 22.6 Å². The minimum Gasteiger partial charge on any atom is -0.278 e. The van der Waals surface area contributed by atoms with E-state index in [1.165, 1.54) is 12.1 Å². The van der Waals surface area contributed by atoms with Crippen LogP contribution in [-0.2, 0) is 0 Å². The fourth-order valence-electron chi connectivity index (χ4n) is 2.06. The Morgan fingerprint density at radius 3 is 2.76 bits per heavy atom. The first kappa shape index (κ1) is 14.7. The maximum atomic E-state index is 13.4. The number of thioether (sulfide) groups is 1. The van der Waals surface area contributed by atoms with Crippen molar-refractivity contribution in [2.75, 3.05) is 11.2 Å². The highest BCUT2D eigenvalue weighted by atomic mass is 35.5. The lowest BCUT2D eigenvalue weighted by atomic mass is 10.1. The highest BCUT2D eigenvalue weighted by Crippen LogP contribution is 2.31. The summed E-state index contributed by atoms with van der Waals surface area (Å²) in [6.45, 7) is 0. The SMILES string of the molecule is Fc1ccc2c(c1)/C(=N\Nc1ccc(Cl)c(Cl)c1)CCS2. The summed E-state index contributed by atoms with van der Waals surface area (Å²) < 4.78 is 13.4. The van der Waals surface area contributed by atoms with E-state index in [4.69, 9.17) is 23.2 Å². The summed E-state index contributed by atoms with van der Waals surface area (Å²) in [6, 6.07) is 10.00. The lowest BCUT2D eigenvalue weighted by Gasteiger charge is -2.17. The van der Waals surface area contributed by atoms with Crippen LogP contribution in [0.4, 0.5) is 10.1 Å². The summed E-state index contributed by atoms with van der Waals surface area (Å²) in [6.07, 6.45) is 0.787. The molecule has 0 bridgehead atoms. The van der Waals surface area contributed by atoms with E-state index in [2.05, 4.69) is 10.5 Å². The molecule has 3 rings (SSSR count). The summed E-state index contributed by atoms with van der Waals surface area (Å²) in [5.74, 6) is 0.680. The van der Waals surface area contributed by atoms with Gasteiger partial charge < -0.3 is 0 Å². The standard InChI is InChI=1S/C15H11Cl2FN2S/c16-12-3-2-10(8-13(12)17)19-20-14-5-6-21-15-4-1-9(18)7-11(14)15/h1-4,7-8,19H,5-6H2/b20-14-. The normalized spacial score (nSPS) is 15.9. The molecule has 0 radical (unpaired) electrons. The first-order valence-corrected chi connectivity index (χ1v) is 8.08. The van der Waals surface area contributed by atoms with Gasteiger partial charge in [0.05, 0.1) is 21.4 Å². The van der Waals surface area contributed by atoms with Gasteiger partial charge in [0.2, 0.25) is 0 Å². The Bertz CT molecular complexity index is 719. The largest absolute Gasteiger partial charge is 0.278 e. The number of hydrogen-bond donors (Lipinski definition) is 1. The molecular formula is C15H11Cl2FN2S. The molecule has 2 nitrogen and oxygen atoms in total. The van der Waals surface area contributed by atoms with Crippen LogP contribution in [0.25, 0.3) is 0 Å². The van der Waals surface area contributed by atoms with Gasteiger partial charge in [0.1, 0.15) is 5.82 Å². The van der Waals surface area contributed by atoms with Gasteiger partial charge in [0.15, 0.2) is 0 Å². The van der Waals surface area contributed by atoms with E-state index in [9.17, 15) is 4.39 Å². The van der Waals surface area contributed by atoms with Gasteiger partial charge in [-0.05, 0) is 36.4 Å². The van der Waals surface area contributed by atoms with Crippen molar-refractivity contribution in [3.8, 4) is 0 Å². The molecule has 0 unspecified atom stereocenters. The Kier molecular flexibility index (Phi) is 4.38. The lowest BCUT2D eigenvalue weighted by molar-refractivity contribution is 0.626. The maximum Gasteiger partial charge on any atom is 0.123 e. The molecule has 1 aliphatic rings. The van der Waals surface area contributed by atoms with Gasteiger partial charge in [-0.25, -0.2) is 4.39 Å². The molecule has 6 heteroatoms. The molecule has 1 N–H and O–H groups in total. The fourth-order valence-corrected chi connectivity index (χ4v) is 3.37. The minimum absolute atomic E-state index is 0.251. The smallest absolute Gasteiger partial charge is 0.123 e.